The summed E-state index contributed by atoms with van der Waals surface area (Å²) < 4.78 is 10.6. The van der Waals surface area contributed by atoms with E-state index < -0.39 is 0 Å². The summed E-state index contributed by atoms with van der Waals surface area (Å²) >= 11 is 5.91. The van der Waals surface area contributed by atoms with E-state index in [-0.39, 0.29) is 11.9 Å². The van der Waals surface area contributed by atoms with E-state index in [1.54, 1.807) is 25.1 Å². The smallest absolute Gasteiger partial charge is 0.242 e. The summed E-state index contributed by atoms with van der Waals surface area (Å²) in [5, 5.41) is 7.14. The van der Waals surface area contributed by atoms with Gasteiger partial charge < -0.3 is 14.6 Å². The molecule has 1 N–H and O–H groups in total. The van der Waals surface area contributed by atoms with Gasteiger partial charge in [0.2, 0.25) is 5.91 Å². The number of benzene rings is 1. The van der Waals surface area contributed by atoms with E-state index in [9.17, 15) is 4.79 Å². The van der Waals surface area contributed by atoms with E-state index >= 15 is 0 Å². The molecule has 0 aliphatic heterocycles. The highest BCUT2D eigenvalue weighted by atomic mass is 35.5. The van der Waals surface area contributed by atoms with Gasteiger partial charge in [-0.1, -0.05) is 22.8 Å². The summed E-state index contributed by atoms with van der Waals surface area (Å²) in [5.41, 5.74) is 0. The molecule has 1 aromatic carbocycles. The molecule has 1 aromatic heterocycles. The zero-order chi connectivity index (χ0) is 17.5. The summed E-state index contributed by atoms with van der Waals surface area (Å²) in [6, 6.07) is 8.70. The van der Waals surface area contributed by atoms with Crippen LogP contribution in [0.5, 0.6) is 5.75 Å². The number of aromatic nitrogens is 1. The van der Waals surface area contributed by atoms with Crippen molar-refractivity contribution in [3.8, 4) is 5.75 Å². The molecule has 0 fully saturated rings. The predicted octanol–water partition coefficient (Wildman–Crippen LogP) is 3.36. The van der Waals surface area contributed by atoms with Crippen LogP contribution < -0.4 is 10.1 Å². The summed E-state index contributed by atoms with van der Waals surface area (Å²) in [6.45, 7) is 4.91. The zero-order valence-corrected chi connectivity index (χ0v) is 14.8. The van der Waals surface area contributed by atoms with Crippen LogP contribution in [0, 0.1) is 6.92 Å². The van der Waals surface area contributed by atoms with Crippen LogP contribution in [0.1, 0.15) is 19.1 Å². The SMILES string of the molecule is Cc1cc(NC(=O)C(C)N(C)CCCOc2cccc(Cl)c2)no1. The molecule has 130 valence electrons. The molecule has 6 nitrogen and oxygen atoms in total. The third kappa shape index (κ3) is 5.54. The van der Waals surface area contributed by atoms with Gasteiger partial charge in [-0.3, -0.25) is 9.69 Å². The number of hydrogen-bond donors (Lipinski definition) is 1. The number of carbonyl (C=O) groups excluding carboxylic acids is 1. The minimum atomic E-state index is -0.284. The summed E-state index contributed by atoms with van der Waals surface area (Å²) in [7, 11) is 1.90. The Balaban J connectivity index is 1.71. The minimum Gasteiger partial charge on any atom is -0.493 e. The monoisotopic (exact) mass is 351 g/mol. The molecule has 1 heterocycles. The zero-order valence-electron chi connectivity index (χ0n) is 14.1. The van der Waals surface area contributed by atoms with Gasteiger partial charge in [0, 0.05) is 17.6 Å². The molecule has 0 aliphatic carbocycles. The van der Waals surface area contributed by atoms with Crippen LogP contribution in [-0.2, 0) is 4.79 Å². The normalized spacial score (nSPS) is 12.2. The van der Waals surface area contributed by atoms with E-state index in [1.807, 2.05) is 31.0 Å². The van der Waals surface area contributed by atoms with Crippen molar-refractivity contribution >= 4 is 23.3 Å². The molecule has 1 unspecified atom stereocenters. The number of nitrogens with zero attached hydrogens (tertiary/aromatic N) is 2. The Morgan fingerprint density at radius 3 is 2.92 bits per heavy atom. The minimum absolute atomic E-state index is 0.124. The van der Waals surface area contributed by atoms with Crippen molar-refractivity contribution in [3.05, 3.63) is 41.1 Å². The van der Waals surface area contributed by atoms with Gasteiger partial charge in [-0.2, -0.15) is 0 Å². The second-order valence-corrected chi connectivity index (χ2v) is 6.06. The van der Waals surface area contributed by atoms with Crippen molar-refractivity contribution in [2.24, 2.45) is 0 Å². The standard InChI is InChI=1S/C17H22ClN3O3/c1-12-10-16(20-24-12)19-17(22)13(2)21(3)8-5-9-23-15-7-4-6-14(18)11-15/h4,6-7,10-11,13H,5,8-9H2,1-3H3,(H,19,20,22). The van der Waals surface area contributed by atoms with Crippen molar-refractivity contribution < 1.29 is 14.1 Å². The van der Waals surface area contributed by atoms with Gasteiger partial charge in [-0.05, 0) is 45.5 Å². The molecular formula is C17H22ClN3O3. The molecule has 0 aliphatic rings. The fourth-order valence-electron chi connectivity index (χ4n) is 2.11. The number of ether oxygens (including phenoxy) is 1. The maximum absolute atomic E-state index is 12.2. The molecule has 0 spiro atoms. The molecule has 0 bridgehead atoms. The lowest BCUT2D eigenvalue weighted by Gasteiger charge is -2.23. The van der Waals surface area contributed by atoms with Crippen molar-refractivity contribution in [3.63, 3.8) is 0 Å². The first-order valence-electron chi connectivity index (χ1n) is 7.78. The Hall–Kier alpha value is -2.05. The van der Waals surface area contributed by atoms with Crippen LogP contribution in [0.25, 0.3) is 0 Å². The third-order valence-electron chi connectivity index (χ3n) is 3.64. The highest BCUT2D eigenvalue weighted by Gasteiger charge is 2.18. The van der Waals surface area contributed by atoms with Gasteiger partial charge >= 0.3 is 0 Å². The second-order valence-electron chi connectivity index (χ2n) is 5.63. The highest BCUT2D eigenvalue weighted by Crippen LogP contribution is 2.17. The first kappa shape index (κ1) is 18.3. The highest BCUT2D eigenvalue weighted by molar-refractivity contribution is 6.30. The topological polar surface area (TPSA) is 67.6 Å². The Morgan fingerprint density at radius 2 is 2.25 bits per heavy atom. The average molecular weight is 352 g/mol. The van der Waals surface area contributed by atoms with Crippen LogP contribution in [-0.4, -0.2) is 42.2 Å². The largest absolute Gasteiger partial charge is 0.493 e. The molecule has 0 saturated heterocycles. The fraction of sp³-hybridized carbons (Fsp3) is 0.412. The van der Waals surface area contributed by atoms with E-state index in [0.717, 1.165) is 18.7 Å². The quantitative estimate of drug-likeness (QED) is 0.738. The van der Waals surface area contributed by atoms with Crippen molar-refractivity contribution in [1.82, 2.24) is 10.1 Å². The maximum atomic E-state index is 12.2. The summed E-state index contributed by atoms with van der Waals surface area (Å²) in [5.74, 6) is 1.71. The number of hydrogen-bond acceptors (Lipinski definition) is 5. The number of nitrogens with one attached hydrogen (secondary N) is 1. The summed E-state index contributed by atoms with van der Waals surface area (Å²) in [6.07, 6.45) is 0.795. The number of rotatable bonds is 8. The lowest BCUT2D eigenvalue weighted by Crippen LogP contribution is -2.40. The molecule has 2 rings (SSSR count). The van der Waals surface area contributed by atoms with Gasteiger partial charge in [-0.25, -0.2) is 0 Å². The fourth-order valence-corrected chi connectivity index (χ4v) is 2.29. The third-order valence-corrected chi connectivity index (χ3v) is 3.87. The average Bonchev–Trinajstić information content (AvgIpc) is 2.95. The summed E-state index contributed by atoms with van der Waals surface area (Å²) in [4.78, 5) is 14.1. The number of anilines is 1. The Labute approximate surface area is 146 Å². The van der Waals surface area contributed by atoms with Crippen LogP contribution in [0.4, 0.5) is 5.82 Å². The van der Waals surface area contributed by atoms with Crippen LogP contribution in [0.15, 0.2) is 34.9 Å². The molecular weight excluding hydrogens is 330 g/mol. The van der Waals surface area contributed by atoms with E-state index in [0.29, 0.717) is 23.2 Å². The van der Waals surface area contributed by atoms with Gasteiger partial charge in [0.1, 0.15) is 11.5 Å². The Morgan fingerprint density at radius 1 is 1.46 bits per heavy atom. The Bertz CT molecular complexity index is 675. The van der Waals surface area contributed by atoms with Gasteiger partial charge in [0.25, 0.3) is 0 Å². The van der Waals surface area contributed by atoms with E-state index in [4.69, 9.17) is 20.9 Å². The molecule has 24 heavy (non-hydrogen) atoms. The van der Waals surface area contributed by atoms with Crippen molar-refractivity contribution in [2.45, 2.75) is 26.3 Å². The number of aryl methyl sites for hydroxylation is 1. The number of carbonyl (C=O) groups is 1. The molecule has 0 saturated carbocycles. The van der Waals surface area contributed by atoms with Gasteiger partial charge in [0.15, 0.2) is 5.82 Å². The van der Waals surface area contributed by atoms with Crippen LogP contribution in [0.2, 0.25) is 5.02 Å². The maximum Gasteiger partial charge on any atom is 0.242 e. The van der Waals surface area contributed by atoms with Crippen LogP contribution >= 0.6 is 11.6 Å². The molecule has 7 heteroatoms. The molecule has 0 radical (unpaired) electrons. The molecule has 1 atom stereocenters. The molecule has 2 aromatic rings. The lowest BCUT2D eigenvalue weighted by molar-refractivity contribution is -0.120. The van der Waals surface area contributed by atoms with Crippen molar-refractivity contribution in [1.29, 1.82) is 0 Å². The number of amides is 1. The number of likely N-dealkylation sites (N-methyl/N-ethyl adjacent to an activating group) is 1. The first-order chi connectivity index (χ1) is 11.5. The van der Waals surface area contributed by atoms with Gasteiger partial charge in [-0.15, -0.1) is 0 Å². The number of halogens is 1. The van der Waals surface area contributed by atoms with E-state index in [1.165, 1.54) is 0 Å². The lowest BCUT2D eigenvalue weighted by atomic mass is 10.2. The first-order valence-corrected chi connectivity index (χ1v) is 8.16. The second kappa shape index (κ2) is 8.70. The molecule has 1 amide bonds. The van der Waals surface area contributed by atoms with E-state index in [2.05, 4.69) is 10.5 Å². The van der Waals surface area contributed by atoms with Crippen LogP contribution in [0.3, 0.4) is 0 Å². The van der Waals surface area contributed by atoms with Gasteiger partial charge in [0.05, 0.1) is 12.6 Å². The van der Waals surface area contributed by atoms with Crippen molar-refractivity contribution in [2.75, 3.05) is 25.5 Å². The predicted molar refractivity (Wildman–Crippen MR) is 93.5 cm³/mol. The Kier molecular flexibility index (Phi) is 6.63.